The first-order chi connectivity index (χ1) is 13.0. The molecule has 1 amide bonds. The Balaban J connectivity index is 1.79. The van der Waals surface area contributed by atoms with E-state index in [1.54, 1.807) is 30.3 Å². The van der Waals surface area contributed by atoms with Gasteiger partial charge in [-0.25, -0.2) is 4.98 Å². The number of hydrogen-bond acceptors (Lipinski definition) is 6. The minimum Gasteiger partial charge on any atom is -0.361 e. The molecule has 1 aromatic carbocycles. The summed E-state index contributed by atoms with van der Waals surface area (Å²) in [5.41, 5.74) is 4.41. The van der Waals surface area contributed by atoms with E-state index in [2.05, 4.69) is 30.1 Å². The number of thiazole rings is 1. The van der Waals surface area contributed by atoms with Crippen molar-refractivity contribution >= 4 is 32.6 Å². The van der Waals surface area contributed by atoms with Gasteiger partial charge in [-0.05, 0) is 49.6 Å². The zero-order valence-corrected chi connectivity index (χ0v) is 16.1. The Bertz CT molecular complexity index is 1120. The van der Waals surface area contributed by atoms with Crippen LogP contribution in [0.15, 0.2) is 47.2 Å². The lowest BCUT2D eigenvalue weighted by Gasteiger charge is -2.18. The van der Waals surface area contributed by atoms with Gasteiger partial charge in [-0.15, -0.1) is 0 Å². The van der Waals surface area contributed by atoms with E-state index in [1.807, 2.05) is 18.2 Å². The Hall–Kier alpha value is -3.06. The maximum Gasteiger partial charge on any atom is 0.282 e. The summed E-state index contributed by atoms with van der Waals surface area (Å²) in [5.74, 6) is 0.347. The summed E-state index contributed by atoms with van der Waals surface area (Å²) < 4.78 is 6.14. The molecule has 136 valence electrons. The Morgan fingerprint density at radius 1 is 1.22 bits per heavy atom. The fourth-order valence-corrected chi connectivity index (χ4v) is 3.86. The van der Waals surface area contributed by atoms with E-state index in [0.717, 1.165) is 21.3 Å². The largest absolute Gasteiger partial charge is 0.361 e. The predicted molar refractivity (Wildman–Crippen MR) is 105 cm³/mol. The van der Waals surface area contributed by atoms with Crippen LogP contribution in [0.1, 0.15) is 32.9 Å². The SMILES string of the molecule is Cc1cc(C(=O)N(Cc2cccnc2)c2nc3c(C)c(C)ccc3s2)no1. The minimum atomic E-state index is -0.246. The molecule has 0 N–H and O–H groups in total. The number of carbonyl (C=O) groups is 1. The first kappa shape index (κ1) is 17.4. The average molecular weight is 378 g/mol. The van der Waals surface area contributed by atoms with Gasteiger partial charge in [-0.1, -0.05) is 28.6 Å². The first-order valence-corrected chi connectivity index (χ1v) is 9.35. The van der Waals surface area contributed by atoms with Crippen molar-refractivity contribution in [3.05, 3.63) is 70.9 Å². The van der Waals surface area contributed by atoms with Gasteiger partial charge in [-0.2, -0.15) is 0 Å². The topological polar surface area (TPSA) is 72.1 Å². The van der Waals surface area contributed by atoms with Crippen LogP contribution in [-0.4, -0.2) is 21.0 Å². The summed E-state index contributed by atoms with van der Waals surface area (Å²) >= 11 is 1.49. The molecule has 0 aliphatic carbocycles. The molecular formula is C20H18N4O2S. The molecule has 0 saturated carbocycles. The second-order valence-electron chi connectivity index (χ2n) is 6.43. The van der Waals surface area contributed by atoms with Crippen LogP contribution in [0.5, 0.6) is 0 Å². The van der Waals surface area contributed by atoms with E-state index in [-0.39, 0.29) is 11.6 Å². The van der Waals surface area contributed by atoms with Crippen molar-refractivity contribution in [1.82, 2.24) is 15.1 Å². The molecule has 0 unspecified atom stereocenters. The minimum absolute atomic E-state index is 0.246. The predicted octanol–water partition coefficient (Wildman–Crippen LogP) is 4.45. The quantitative estimate of drug-likeness (QED) is 0.524. The lowest BCUT2D eigenvalue weighted by molar-refractivity contribution is 0.0976. The normalized spacial score (nSPS) is 11.1. The summed E-state index contributed by atoms with van der Waals surface area (Å²) in [7, 11) is 0. The molecule has 6 nitrogen and oxygen atoms in total. The van der Waals surface area contributed by atoms with Gasteiger partial charge in [0.05, 0.1) is 16.8 Å². The molecule has 0 aliphatic heterocycles. The molecule has 0 spiro atoms. The molecule has 0 atom stereocenters. The number of anilines is 1. The smallest absolute Gasteiger partial charge is 0.282 e. The molecule has 0 bridgehead atoms. The number of hydrogen-bond donors (Lipinski definition) is 0. The van der Waals surface area contributed by atoms with E-state index in [1.165, 1.54) is 16.9 Å². The highest BCUT2D eigenvalue weighted by atomic mass is 32.1. The van der Waals surface area contributed by atoms with Gasteiger partial charge in [0.25, 0.3) is 5.91 Å². The summed E-state index contributed by atoms with van der Waals surface area (Å²) in [6.07, 6.45) is 3.46. The fourth-order valence-electron chi connectivity index (χ4n) is 2.84. The van der Waals surface area contributed by atoms with Gasteiger partial charge in [0.2, 0.25) is 0 Å². The number of aryl methyl sites for hydroxylation is 3. The van der Waals surface area contributed by atoms with E-state index in [0.29, 0.717) is 17.4 Å². The number of pyridine rings is 1. The van der Waals surface area contributed by atoms with Gasteiger partial charge in [-0.3, -0.25) is 14.7 Å². The molecule has 0 radical (unpaired) electrons. The number of nitrogens with zero attached hydrogens (tertiary/aromatic N) is 4. The highest BCUT2D eigenvalue weighted by Crippen LogP contribution is 2.33. The lowest BCUT2D eigenvalue weighted by atomic mass is 10.1. The van der Waals surface area contributed by atoms with Crippen LogP contribution in [-0.2, 0) is 6.54 Å². The number of fused-ring (bicyclic) bond motifs is 1. The number of rotatable bonds is 4. The third kappa shape index (κ3) is 3.33. The maximum atomic E-state index is 13.1. The van der Waals surface area contributed by atoms with Crippen molar-refractivity contribution in [2.45, 2.75) is 27.3 Å². The Morgan fingerprint density at radius 3 is 2.78 bits per heavy atom. The van der Waals surface area contributed by atoms with Crippen LogP contribution in [0.25, 0.3) is 10.2 Å². The highest BCUT2D eigenvalue weighted by Gasteiger charge is 2.24. The van der Waals surface area contributed by atoms with Crippen molar-refractivity contribution in [3.63, 3.8) is 0 Å². The Morgan fingerprint density at radius 2 is 2.07 bits per heavy atom. The van der Waals surface area contributed by atoms with Crippen molar-refractivity contribution in [2.24, 2.45) is 0 Å². The molecule has 7 heteroatoms. The van der Waals surface area contributed by atoms with Crippen LogP contribution in [0.4, 0.5) is 5.13 Å². The van der Waals surface area contributed by atoms with Crippen molar-refractivity contribution < 1.29 is 9.32 Å². The lowest BCUT2D eigenvalue weighted by Crippen LogP contribution is -2.30. The zero-order chi connectivity index (χ0) is 19.0. The monoisotopic (exact) mass is 378 g/mol. The van der Waals surface area contributed by atoms with Crippen molar-refractivity contribution in [3.8, 4) is 0 Å². The third-order valence-electron chi connectivity index (χ3n) is 4.46. The van der Waals surface area contributed by atoms with Crippen LogP contribution in [0.3, 0.4) is 0 Å². The maximum absolute atomic E-state index is 13.1. The third-order valence-corrected chi connectivity index (χ3v) is 5.50. The summed E-state index contributed by atoms with van der Waals surface area (Å²) in [4.78, 5) is 23.7. The standard InChI is InChI=1S/C20H18N4O2S/c1-12-6-7-17-18(14(12)3)22-20(27-17)24(11-15-5-4-8-21-10-15)19(25)16-9-13(2)26-23-16/h4-10H,11H2,1-3H3. The molecule has 0 saturated heterocycles. The zero-order valence-electron chi connectivity index (χ0n) is 15.3. The summed E-state index contributed by atoms with van der Waals surface area (Å²) in [5, 5.41) is 4.52. The van der Waals surface area contributed by atoms with E-state index < -0.39 is 0 Å². The van der Waals surface area contributed by atoms with Crippen molar-refractivity contribution in [2.75, 3.05) is 4.90 Å². The number of amides is 1. The second kappa shape index (κ2) is 6.92. The van der Waals surface area contributed by atoms with E-state index in [4.69, 9.17) is 9.51 Å². The Kier molecular flexibility index (Phi) is 4.45. The molecule has 0 aliphatic rings. The summed E-state index contributed by atoms with van der Waals surface area (Å²) in [6, 6.07) is 9.55. The number of aromatic nitrogens is 3. The molecule has 4 rings (SSSR count). The van der Waals surface area contributed by atoms with Crippen molar-refractivity contribution in [1.29, 1.82) is 0 Å². The summed E-state index contributed by atoms with van der Waals surface area (Å²) in [6.45, 7) is 6.23. The van der Waals surface area contributed by atoms with Crippen LogP contribution < -0.4 is 4.90 Å². The second-order valence-corrected chi connectivity index (χ2v) is 7.44. The molecule has 3 aromatic heterocycles. The van der Waals surface area contributed by atoms with Crippen LogP contribution in [0.2, 0.25) is 0 Å². The van der Waals surface area contributed by atoms with Gasteiger partial charge in [0, 0.05) is 18.5 Å². The molecule has 4 aromatic rings. The van der Waals surface area contributed by atoms with Gasteiger partial charge in [0.15, 0.2) is 10.8 Å². The van der Waals surface area contributed by atoms with E-state index in [9.17, 15) is 4.79 Å². The van der Waals surface area contributed by atoms with Gasteiger partial charge >= 0.3 is 0 Å². The van der Waals surface area contributed by atoms with Gasteiger partial charge in [0.1, 0.15) is 5.76 Å². The number of benzene rings is 1. The molecule has 3 heterocycles. The number of carbonyl (C=O) groups excluding carboxylic acids is 1. The Labute approximate surface area is 160 Å². The highest BCUT2D eigenvalue weighted by molar-refractivity contribution is 7.22. The average Bonchev–Trinajstić information content (AvgIpc) is 3.30. The molecular weight excluding hydrogens is 360 g/mol. The van der Waals surface area contributed by atoms with Crippen LogP contribution in [0, 0.1) is 20.8 Å². The van der Waals surface area contributed by atoms with E-state index >= 15 is 0 Å². The van der Waals surface area contributed by atoms with Crippen LogP contribution >= 0.6 is 11.3 Å². The molecule has 27 heavy (non-hydrogen) atoms. The van der Waals surface area contributed by atoms with Gasteiger partial charge < -0.3 is 4.52 Å². The fraction of sp³-hybridized carbons (Fsp3) is 0.200. The molecule has 0 fully saturated rings. The first-order valence-electron chi connectivity index (χ1n) is 8.54.